The number of H-pyrrole nitrogens is 1. The summed E-state index contributed by atoms with van der Waals surface area (Å²) in [7, 11) is 0. The number of hydrogen-bond acceptors (Lipinski definition) is 1. The fourth-order valence-corrected chi connectivity index (χ4v) is 3.15. The van der Waals surface area contributed by atoms with E-state index in [0.29, 0.717) is 5.56 Å². The standard InChI is InChI=1S/C9H5BrINO2/c10-4-1-6(11)8-5(9(13)14)3-12-7(8)2-4/h1-3,12H,(H,13,14). The van der Waals surface area contributed by atoms with Crippen LogP contribution in [0.3, 0.4) is 0 Å². The van der Waals surface area contributed by atoms with E-state index in [0.717, 1.165) is 18.9 Å². The van der Waals surface area contributed by atoms with E-state index in [1.165, 1.54) is 6.20 Å². The van der Waals surface area contributed by atoms with Crippen molar-refractivity contribution in [3.8, 4) is 0 Å². The molecule has 3 nitrogen and oxygen atoms in total. The number of aromatic nitrogens is 1. The molecule has 1 heterocycles. The van der Waals surface area contributed by atoms with Gasteiger partial charge in [0.1, 0.15) is 0 Å². The molecule has 0 saturated heterocycles. The first-order valence-corrected chi connectivity index (χ1v) is 5.66. The summed E-state index contributed by atoms with van der Waals surface area (Å²) >= 11 is 5.48. The number of hydrogen-bond donors (Lipinski definition) is 2. The van der Waals surface area contributed by atoms with Gasteiger partial charge in [0.25, 0.3) is 0 Å². The number of carboxylic acid groups (broad SMARTS) is 1. The number of fused-ring (bicyclic) bond motifs is 1. The molecule has 0 aliphatic carbocycles. The summed E-state index contributed by atoms with van der Waals surface area (Å²) in [5.74, 6) is -0.906. The molecule has 14 heavy (non-hydrogen) atoms. The molecule has 0 fully saturated rings. The van der Waals surface area contributed by atoms with Crippen LogP contribution in [0.5, 0.6) is 0 Å². The molecular formula is C9H5BrINO2. The first-order valence-electron chi connectivity index (χ1n) is 3.79. The Morgan fingerprint density at radius 2 is 2.21 bits per heavy atom. The molecule has 1 aromatic carbocycles. The minimum atomic E-state index is -0.906. The van der Waals surface area contributed by atoms with Crippen molar-refractivity contribution in [2.24, 2.45) is 0 Å². The van der Waals surface area contributed by atoms with Gasteiger partial charge >= 0.3 is 5.97 Å². The van der Waals surface area contributed by atoms with Gasteiger partial charge in [-0.15, -0.1) is 0 Å². The van der Waals surface area contributed by atoms with E-state index >= 15 is 0 Å². The number of aromatic amines is 1. The first kappa shape index (κ1) is 9.97. The Kier molecular flexibility index (Phi) is 2.52. The molecule has 0 spiro atoms. The summed E-state index contributed by atoms with van der Waals surface area (Å²) in [6.45, 7) is 0. The van der Waals surface area contributed by atoms with Gasteiger partial charge < -0.3 is 10.1 Å². The fraction of sp³-hybridized carbons (Fsp3) is 0. The maximum Gasteiger partial charge on any atom is 0.337 e. The summed E-state index contributed by atoms with van der Waals surface area (Å²) in [5, 5.41) is 9.70. The van der Waals surface area contributed by atoms with Crippen LogP contribution >= 0.6 is 38.5 Å². The fourth-order valence-electron chi connectivity index (χ4n) is 1.35. The van der Waals surface area contributed by atoms with Crippen molar-refractivity contribution < 1.29 is 9.90 Å². The van der Waals surface area contributed by atoms with Crippen LogP contribution in [0.25, 0.3) is 10.9 Å². The zero-order valence-corrected chi connectivity index (χ0v) is 10.6. The lowest BCUT2D eigenvalue weighted by Crippen LogP contribution is -1.94. The van der Waals surface area contributed by atoms with Crippen molar-refractivity contribution in [3.05, 3.63) is 31.9 Å². The van der Waals surface area contributed by atoms with Gasteiger partial charge in [-0.2, -0.15) is 0 Å². The molecule has 0 radical (unpaired) electrons. The Hall–Kier alpha value is -0.560. The van der Waals surface area contributed by atoms with Crippen molar-refractivity contribution in [1.29, 1.82) is 0 Å². The predicted molar refractivity (Wildman–Crippen MR) is 65.7 cm³/mol. The highest BCUT2D eigenvalue weighted by Crippen LogP contribution is 2.27. The van der Waals surface area contributed by atoms with Gasteiger partial charge in [-0.05, 0) is 34.7 Å². The van der Waals surface area contributed by atoms with E-state index in [1.54, 1.807) is 0 Å². The number of nitrogens with one attached hydrogen (secondary N) is 1. The van der Waals surface area contributed by atoms with Crippen LogP contribution in [-0.4, -0.2) is 16.1 Å². The monoisotopic (exact) mass is 365 g/mol. The largest absolute Gasteiger partial charge is 0.478 e. The molecule has 2 aromatic rings. The second-order valence-corrected chi connectivity index (χ2v) is 4.90. The second-order valence-electron chi connectivity index (χ2n) is 2.82. The Morgan fingerprint density at radius 3 is 2.86 bits per heavy atom. The van der Waals surface area contributed by atoms with Crippen LogP contribution in [0.15, 0.2) is 22.8 Å². The molecule has 2 N–H and O–H groups in total. The predicted octanol–water partition coefficient (Wildman–Crippen LogP) is 3.23. The SMILES string of the molecule is O=C(O)c1c[nH]c2cc(Br)cc(I)c12. The Balaban J connectivity index is 2.85. The van der Waals surface area contributed by atoms with Gasteiger partial charge in [0.15, 0.2) is 0 Å². The van der Waals surface area contributed by atoms with Gasteiger partial charge in [-0.1, -0.05) is 15.9 Å². The van der Waals surface area contributed by atoms with Crippen molar-refractivity contribution >= 4 is 55.4 Å². The highest BCUT2D eigenvalue weighted by atomic mass is 127. The van der Waals surface area contributed by atoms with E-state index in [1.807, 2.05) is 12.1 Å². The van der Waals surface area contributed by atoms with Crippen molar-refractivity contribution in [2.75, 3.05) is 0 Å². The third kappa shape index (κ3) is 1.54. The maximum atomic E-state index is 10.9. The smallest absolute Gasteiger partial charge is 0.337 e. The van der Waals surface area contributed by atoms with Gasteiger partial charge in [0.05, 0.1) is 5.56 Å². The molecule has 0 aliphatic rings. The molecule has 72 valence electrons. The number of rotatable bonds is 1. The van der Waals surface area contributed by atoms with Crippen molar-refractivity contribution in [2.45, 2.75) is 0 Å². The average molecular weight is 366 g/mol. The quantitative estimate of drug-likeness (QED) is 0.762. The Morgan fingerprint density at radius 1 is 1.50 bits per heavy atom. The first-order chi connectivity index (χ1) is 6.59. The number of carboxylic acids is 1. The molecule has 0 saturated carbocycles. The lowest BCUT2D eigenvalue weighted by Gasteiger charge is -1.97. The topological polar surface area (TPSA) is 53.1 Å². The highest BCUT2D eigenvalue weighted by Gasteiger charge is 2.13. The zero-order chi connectivity index (χ0) is 10.3. The van der Waals surface area contributed by atoms with Crippen LogP contribution in [0, 0.1) is 3.57 Å². The summed E-state index contributed by atoms with van der Waals surface area (Å²) in [4.78, 5) is 13.8. The minimum Gasteiger partial charge on any atom is -0.478 e. The lowest BCUT2D eigenvalue weighted by atomic mass is 10.2. The second kappa shape index (κ2) is 3.54. The number of carbonyl (C=O) groups is 1. The third-order valence-electron chi connectivity index (χ3n) is 1.93. The maximum absolute atomic E-state index is 10.9. The molecule has 0 unspecified atom stereocenters. The molecule has 0 atom stereocenters. The molecule has 0 aliphatic heterocycles. The number of halogens is 2. The van der Waals surface area contributed by atoms with Gasteiger partial charge in [0, 0.05) is 25.1 Å². The van der Waals surface area contributed by atoms with Crippen LogP contribution in [0.4, 0.5) is 0 Å². The normalized spacial score (nSPS) is 10.7. The summed E-state index contributed by atoms with van der Waals surface area (Å²) in [6, 6.07) is 3.76. The van der Waals surface area contributed by atoms with E-state index in [2.05, 4.69) is 43.5 Å². The summed E-state index contributed by atoms with van der Waals surface area (Å²) in [6.07, 6.45) is 1.52. The summed E-state index contributed by atoms with van der Waals surface area (Å²) in [5.41, 5.74) is 1.15. The lowest BCUT2D eigenvalue weighted by molar-refractivity contribution is 0.0699. The van der Waals surface area contributed by atoms with Gasteiger partial charge in [-0.3, -0.25) is 0 Å². The molecule has 2 rings (SSSR count). The molecule has 0 amide bonds. The summed E-state index contributed by atoms with van der Waals surface area (Å²) < 4.78 is 1.86. The van der Waals surface area contributed by atoms with Crippen LogP contribution < -0.4 is 0 Å². The Labute approximate surface area is 102 Å². The van der Waals surface area contributed by atoms with E-state index in [9.17, 15) is 4.79 Å². The van der Waals surface area contributed by atoms with Crippen molar-refractivity contribution in [3.63, 3.8) is 0 Å². The van der Waals surface area contributed by atoms with Crippen LogP contribution in [0.1, 0.15) is 10.4 Å². The zero-order valence-electron chi connectivity index (χ0n) is 6.84. The van der Waals surface area contributed by atoms with E-state index < -0.39 is 5.97 Å². The Bertz CT molecular complexity index is 521. The number of benzene rings is 1. The van der Waals surface area contributed by atoms with Crippen molar-refractivity contribution in [1.82, 2.24) is 4.98 Å². The van der Waals surface area contributed by atoms with E-state index in [-0.39, 0.29) is 0 Å². The molecular weight excluding hydrogens is 361 g/mol. The molecule has 1 aromatic heterocycles. The van der Waals surface area contributed by atoms with Gasteiger partial charge in [0.2, 0.25) is 0 Å². The molecule has 0 bridgehead atoms. The molecule has 5 heteroatoms. The third-order valence-corrected chi connectivity index (χ3v) is 3.24. The van der Waals surface area contributed by atoms with Crippen LogP contribution in [-0.2, 0) is 0 Å². The number of aromatic carboxylic acids is 1. The van der Waals surface area contributed by atoms with E-state index in [4.69, 9.17) is 5.11 Å². The highest BCUT2D eigenvalue weighted by molar-refractivity contribution is 14.1. The minimum absolute atomic E-state index is 0.317. The van der Waals surface area contributed by atoms with Crippen LogP contribution in [0.2, 0.25) is 0 Å². The van der Waals surface area contributed by atoms with Gasteiger partial charge in [-0.25, -0.2) is 4.79 Å². The average Bonchev–Trinajstić information content (AvgIpc) is 2.47.